The Morgan fingerprint density at radius 3 is 2.58 bits per heavy atom. The van der Waals surface area contributed by atoms with Crippen molar-refractivity contribution in [2.75, 3.05) is 14.2 Å². The van der Waals surface area contributed by atoms with E-state index in [0.29, 0.717) is 6.42 Å². The molecule has 0 aliphatic carbocycles. The Bertz CT molecular complexity index is 1050. The summed E-state index contributed by atoms with van der Waals surface area (Å²) in [5.41, 5.74) is 8.32. The van der Waals surface area contributed by atoms with E-state index in [2.05, 4.69) is 21.2 Å². The first-order valence-corrected chi connectivity index (χ1v) is 10.2. The highest BCUT2D eigenvalue weighted by Crippen LogP contribution is 2.27. The first kappa shape index (κ1) is 20.9. The number of benzene rings is 2. The Labute approximate surface area is 181 Å². The molecule has 3 unspecified atom stereocenters. The lowest BCUT2D eigenvalue weighted by molar-refractivity contribution is -0.123. The molecule has 1 aromatic heterocycles. The number of nitrogens with zero attached hydrogens (tertiary/aromatic N) is 2. The number of imidazole rings is 1. The van der Waals surface area contributed by atoms with Gasteiger partial charge in [-0.25, -0.2) is 15.8 Å². The van der Waals surface area contributed by atoms with Crippen LogP contribution < -0.4 is 25.6 Å². The molecule has 4 rings (SSSR count). The molecule has 1 saturated heterocycles. The van der Waals surface area contributed by atoms with Gasteiger partial charge in [0.15, 0.2) is 0 Å². The van der Waals surface area contributed by atoms with Gasteiger partial charge in [-0.2, -0.15) is 0 Å². The van der Waals surface area contributed by atoms with Crippen molar-refractivity contribution >= 4 is 5.91 Å². The predicted octanol–water partition coefficient (Wildman–Crippen LogP) is 2.25. The van der Waals surface area contributed by atoms with Gasteiger partial charge in [-0.1, -0.05) is 24.3 Å². The van der Waals surface area contributed by atoms with E-state index in [1.165, 1.54) is 0 Å². The van der Waals surface area contributed by atoms with Crippen LogP contribution >= 0.6 is 0 Å². The Morgan fingerprint density at radius 2 is 1.87 bits per heavy atom. The van der Waals surface area contributed by atoms with Crippen molar-refractivity contribution in [2.24, 2.45) is 7.05 Å². The second-order valence-electron chi connectivity index (χ2n) is 7.52. The fraction of sp³-hybridized carbons (Fsp3) is 0.304. The summed E-state index contributed by atoms with van der Waals surface area (Å²) in [6.45, 7) is 0. The summed E-state index contributed by atoms with van der Waals surface area (Å²) in [6.07, 6.45) is 4.20. The maximum absolute atomic E-state index is 13.2. The van der Waals surface area contributed by atoms with E-state index in [1.807, 2.05) is 66.3 Å². The van der Waals surface area contributed by atoms with Gasteiger partial charge in [-0.15, -0.1) is 0 Å². The first-order valence-electron chi connectivity index (χ1n) is 10.2. The van der Waals surface area contributed by atoms with Gasteiger partial charge in [0.05, 0.1) is 14.2 Å². The average molecular weight is 422 g/mol. The largest absolute Gasteiger partial charge is 0.497 e. The fourth-order valence-electron chi connectivity index (χ4n) is 3.82. The lowest BCUT2D eigenvalue weighted by Crippen LogP contribution is -2.45. The van der Waals surface area contributed by atoms with Crippen molar-refractivity contribution in [1.29, 1.82) is 0 Å². The predicted molar refractivity (Wildman–Crippen MR) is 117 cm³/mol. The van der Waals surface area contributed by atoms with Gasteiger partial charge in [-0.05, 0) is 41.8 Å². The molecular formula is C23H27N5O3. The third-order valence-electron chi connectivity index (χ3n) is 5.55. The number of ether oxygens (including phenoxy) is 2. The Morgan fingerprint density at radius 1 is 1.13 bits per heavy atom. The first-order chi connectivity index (χ1) is 15.1. The molecule has 3 aromatic rings. The Hall–Kier alpha value is -3.36. The number of nitrogens with one attached hydrogen (secondary N) is 3. The Kier molecular flexibility index (Phi) is 6.20. The second-order valence-corrected chi connectivity index (χ2v) is 7.52. The summed E-state index contributed by atoms with van der Waals surface area (Å²) in [4.78, 5) is 17.7. The number of hydrogen-bond acceptors (Lipinski definition) is 6. The maximum atomic E-state index is 13.2. The third kappa shape index (κ3) is 4.55. The van der Waals surface area contributed by atoms with Crippen LogP contribution in [-0.4, -0.2) is 35.7 Å². The molecule has 0 radical (unpaired) electrons. The Balaban J connectivity index is 1.52. The highest BCUT2D eigenvalue weighted by Gasteiger charge is 2.32. The summed E-state index contributed by atoms with van der Waals surface area (Å²) in [5, 5.41) is 3.16. The molecular weight excluding hydrogens is 394 g/mol. The zero-order valence-corrected chi connectivity index (χ0v) is 17.8. The number of carbonyl (C=O) groups excluding carboxylic acids is 1. The minimum Gasteiger partial charge on any atom is -0.497 e. The van der Waals surface area contributed by atoms with Crippen LogP contribution in [0.2, 0.25) is 0 Å². The highest BCUT2D eigenvalue weighted by atomic mass is 16.5. The van der Waals surface area contributed by atoms with Crippen molar-refractivity contribution in [3.63, 3.8) is 0 Å². The van der Waals surface area contributed by atoms with E-state index in [4.69, 9.17) is 9.47 Å². The topological polar surface area (TPSA) is 89.4 Å². The van der Waals surface area contributed by atoms with E-state index in [0.717, 1.165) is 28.5 Å². The molecule has 2 heterocycles. The maximum Gasteiger partial charge on any atom is 0.239 e. The molecule has 0 saturated carbocycles. The van der Waals surface area contributed by atoms with Gasteiger partial charge in [0.1, 0.15) is 29.4 Å². The summed E-state index contributed by atoms with van der Waals surface area (Å²) >= 11 is 0. The zero-order valence-electron chi connectivity index (χ0n) is 17.8. The van der Waals surface area contributed by atoms with Crippen LogP contribution in [0.3, 0.4) is 0 Å². The number of rotatable bonds is 7. The SMILES string of the molecule is COc1cccc(C2CC(C(=O)NC(c3cccc(OC)c3)c3nccn3C)NN2)c1. The molecule has 3 N–H and O–H groups in total. The third-order valence-corrected chi connectivity index (χ3v) is 5.55. The van der Waals surface area contributed by atoms with E-state index < -0.39 is 6.04 Å². The van der Waals surface area contributed by atoms with Crippen molar-refractivity contribution in [3.05, 3.63) is 77.9 Å². The molecule has 0 bridgehead atoms. The van der Waals surface area contributed by atoms with E-state index in [-0.39, 0.29) is 18.0 Å². The summed E-state index contributed by atoms with van der Waals surface area (Å²) in [7, 11) is 5.18. The van der Waals surface area contributed by atoms with E-state index >= 15 is 0 Å². The van der Waals surface area contributed by atoms with Crippen molar-refractivity contribution < 1.29 is 14.3 Å². The quantitative estimate of drug-likeness (QED) is 0.542. The van der Waals surface area contributed by atoms with Gasteiger partial charge < -0.3 is 19.4 Å². The van der Waals surface area contributed by atoms with Gasteiger partial charge >= 0.3 is 0 Å². The molecule has 8 nitrogen and oxygen atoms in total. The minimum absolute atomic E-state index is 0.00859. The van der Waals surface area contributed by atoms with E-state index in [9.17, 15) is 4.79 Å². The second kappa shape index (κ2) is 9.20. The summed E-state index contributed by atoms with van der Waals surface area (Å²) in [5.74, 6) is 2.16. The van der Waals surface area contributed by atoms with Crippen LogP contribution in [0.4, 0.5) is 0 Å². The summed E-state index contributed by atoms with van der Waals surface area (Å²) in [6, 6.07) is 14.7. The lowest BCUT2D eigenvalue weighted by atomic mass is 10.0. The molecule has 1 fully saturated rings. The van der Waals surface area contributed by atoms with Crippen LogP contribution in [0.15, 0.2) is 60.9 Å². The van der Waals surface area contributed by atoms with Gasteiger partial charge in [0, 0.05) is 25.5 Å². The normalized spacial score (nSPS) is 19.1. The molecule has 0 spiro atoms. The monoisotopic (exact) mass is 421 g/mol. The minimum atomic E-state index is -0.403. The van der Waals surface area contributed by atoms with Gasteiger partial charge in [-0.3, -0.25) is 4.79 Å². The lowest BCUT2D eigenvalue weighted by Gasteiger charge is -2.21. The smallest absolute Gasteiger partial charge is 0.239 e. The van der Waals surface area contributed by atoms with Crippen LogP contribution in [0, 0.1) is 0 Å². The molecule has 2 aromatic carbocycles. The van der Waals surface area contributed by atoms with Crippen molar-refractivity contribution in [2.45, 2.75) is 24.5 Å². The van der Waals surface area contributed by atoms with Crippen LogP contribution in [0.1, 0.15) is 35.5 Å². The number of aromatic nitrogens is 2. The number of hydrogen-bond donors (Lipinski definition) is 3. The molecule has 1 aliphatic rings. The highest BCUT2D eigenvalue weighted by molar-refractivity contribution is 5.82. The average Bonchev–Trinajstić information content (AvgIpc) is 3.47. The fourth-order valence-corrected chi connectivity index (χ4v) is 3.82. The molecule has 1 amide bonds. The molecule has 3 atom stereocenters. The number of carbonyl (C=O) groups is 1. The van der Waals surface area contributed by atoms with Crippen LogP contribution in [-0.2, 0) is 11.8 Å². The number of aryl methyl sites for hydroxylation is 1. The summed E-state index contributed by atoms with van der Waals surface area (Å²) < 4.78 is 12.6. The molecule has 162 valence electrons. The standard InChI is InChI=1S/C23H27N5O3/c1-28-11-10-24-22(28)21(16-7-5-9-18(13-16)31-3)25-23(29)20-14-19(26-27-20)15-6-4-8-17(12-15)30-2/h4-13,19-21,26-27H,14H2,1-3H3,(H,25,29). The van der Waals surface area contributed by atoms with Crippen molar-refractivity contribution in [1.82, 2.24) is 25.7 Å². The van der Waals surface area contributed by atoms with Crippen LogP contribution in [0.5, 0.6) is 11.5 Å². The molecule has 8 heteroatoms. The number of hydrazine groups is 1. The number of amides is 1. The van der Waals surface area contributed by atoms with Crippen molar-refractivity contribution in [3.8, 4) is 11.5 Å². The molecule has 1 aliphatic heterocycles. The van der Waals surface area contributed by atoms with Crippen LogP contribution in [0.25, 0.3) is 0 Å². The van der Waals surface area contributed by atoms with E-state index in [1.54, 1.807) is 20.4 Å². The number of methoxy groups -OCH3 is 2. The van der Waals surface area contributed by atoms with Gasteiger partial charge in [0.2, 0.25) is 5.91 Å². The zero-order chi connectivity index (χ0) is 21.8. The van der Waals surface area contributed by atoms with Gasteiger partial charge in [0.25, 0.3) is 0 Å². The molecule has 31 heavy (non-hydrogen) atoms.